The van der Waals surface area contributed by atoms with Crippen molar-refractivity contribution in [2.75, 3.05) is 13.1 Å². The summed E-state index contributed by atoms with van der Waals surface area (Å²) in [6.45, 7) is 2.39. The van der Waals surface area contributed by atoms with Gasteiger partial charge in [-0.1, -0.05) is 24.3 Å². The molecule has 0 spiro atoms. The molecular weight excluding hydrogens is 226 g/mol. The molecule has 4 nitrogen and oxygen atoms in total. The fourth-order valence-electron chi connectivity index (χ4n) is 2.12. The van der Waals surface area contributed by atoms with Crippen molar-refractivity contribution in [1.29, 1.82) is 0 Å². The number of sulfonamides is 1. The highest BCUT2D eigenvalue weighted by molar-refractivity contribution is 7.90. The van der Waals surface area contributed by atoms with Gasteiger partial charge in [0, 0.05) is 13.1 Å². The van der Waals surface area contributed by atoms with Crippen molar-refractivity contribution >= 4 is 10.0 Å². The van der Waals surface area contributed by atoms with Crippen molar-refractivity contribution in [3.8, 4) is 0 Å². The lowest BCUT2D eigenvalue weighted by Crippen LogP contribution is -2.45. The van der Waals surface area contributed by atoms with Crippen LogP contribution >= 0.6 is 0 Å². The predicted octanol–water partition coefficient (Wildman–Crippen LogP) is 0.658. The van der Waals surface area contributed by atoms with E-state index in [4.69, 9.17) is 0 Å². The van der Waals surface area contributed by atoms with Gasteiger partial charge in [-0.15, -0.1) is 0 Å². The van der Waals surface area contributed by atoms with Crippen LogP contribution in [0.25, 0.3) is 0 Å². The van der Waals surface area contributed by atoms with E-state index < -0.39 is 20.9 Å². The van der Waals surface area contributed by atoms with E-state index in [2.05, 4.69) is 0 Å². The molecule has 1 fully saturated rings. The Balaban J connectivity index is 2.25. The van der Waals surface area contributed by atoms with Crippen LogP contribution in [0, 0.1) is 0 Å². The maximum atomic E-state index is 12.4. The minimum Gasteiger partial charge on any atom is -0.392 e. The Kier molecular flexibility index (Phi) is 2.94. The molecule has 0 radical (unpaired) electrons. The van der Waals surface area contributed by atoms with Gasteiger partial charge in [-0.25, -0.2) is 8.42 Å². The first-order chi connectivity index (χ1) is 7.46. The first-order valence-corrected chi connectivity index (χ1v) is 6.92. The zero-order chi connectivity index (χ0) is 11.8. The van der Waals surface area contributed by atoms with E-state index in [0.29, 0.717) is 19.4 Å². The molecule has 1 aliphatic heterocycles. The number of β-amino-alcohol motifs (C(OH)–C–C–N with tert-alkyl or cyclic N) is 1. The molecule has 1 aliphatic carbocycles. The third kappa shape index (κ3) is 1.83. The summed E-state index contributed by atoms with van der Waals surface area (Å²) >= 11 is 0. The van der Waals surface area contributed by atoms with Gasteiger partial charge in [0.1, 0.15) is 4.75 Å². The summed E-state index contributed by atoms with van der Waals surface area (Å²) < 4.78 is 25.3. The highest BCUT2D eigenvalue weighted by atomic mass is 32.2. The van der Waals surface area contributed by atoms with Crippen molar-refractivity contribution in [1.82, 2.24) is 4.31 Å². The number of rotatable bonds is 2. The first-order valence-electron chi connectivity index (χ1n) is 5.48. The molecule has 1 heterocycles. The number of nitrogens with zero attached hydrogens (tertiary/aromatic N) is 1. The Labute approximate surface area is 96.3 Å². The molecule has 0 aromatic rings. The lowest BCUT2D eigenvalue weighted by molar-refractivity contribution is 0.189. The monoisotopic (exact) mass is 243 g/mol. The van der Waals surface area contributed by atoms with Gasteiger partial charge in [-0.2, -0.15) is 4.31 Å². The van der Waals surface area contributed by atoms with E-state index in [1.54, 1.807) is 19.1 Å². The van der Waals surface area contributed by atoms with E-state index >= 15 is 0 Å². The van der Waals surface area contributed by atoms with E-state index in [-0.39, 0.29) is 6.54 Å². The lowest BCUT2D eigenvalue weighted by Gasteiger charge is -2.31. The number of allylic oxidation sites excluding steroid dienone is 3. The van der Waals surface area contributed by atoms with E-state index in [1.807, 2.05) is 12.2 Å². The molecule has 2 rings (SSSR count). The van der Waals surface area contributed by atoms with Crippen LogP contribution in [0.2, 0.25) is 0 Å². The highest BCUT2D eigenvalue weighted by Crippen LogP contribution is 2.31. The van der Waals surface area contributed by atoms with Crippen LogP contribution in [0.3, 0.4) is 0 Å². The maximum Gasteiger partial charge on any atom is 0.223 e. The topological polar surface area (TPSA) is 57.6 Å². The molecule has 16 heavy (non-hydrogen) atoms. The van der Waals surface area contributed by atoms with Crippen molar-refractivity contribution in [2.24, 2.45) is 0 Å². The predicted molar refractivity (Wildman–Crippen MR) is 62.4 cm³/mol. The molecule has 90 valence electrons. The van der Waals surface area contributed by atoms with Gasteiger partial charge < -0.3 is 5.11 Å². The zero-order valence-corrected chi connectivity index (χ0v) is 10.2. The average Bonchev–Trinajstić information content (AvgIpc) is 2.66. The summed E-state index contributed by atoms with van der Waals surface area (Å²) in [4.78, 5) is 0. The summed E-state index contributed by atoms with van der Waals surface area (Å²) in [5, 5.41) is 9.41. The van der Waals surface area contributed by atoms with Gasteiger partial charge in [0.05, 0.1) is 6.10 Å². The molecule has 0 amide bonds. The van der Waals surface area contributed by atoms with Crippen molar-refractivity contribution < 1.29 is 13.5 Å². The standard InChI is InChI=1S/C11H17NO3S/c1-11(6-3-2-4-7-11)16(14,15)12-8-5-10(13)9-12/h2-4,6,10,13H,5,7-9H2,1H3/t10-,11?/m0/s1. The maximum absolute atomic E-state index is 12.4. The molecule has 2 atom stereocenters. The van der Waals surface area contributed by atoms with Crippen LogP contribution in [-0.4, -0.2) is 41.8 Å². The second kappa shape index (κ2) is 3.98. The third-order valence-electron chi connectivity index (χ3n) is 3.27. The fourth-order valence-corrected chi connectivity index (χ4v) is 3.98. The molecular formula is C11H17NO3S. The SMILES string of the molecule is CC1(S(=O)(=O)N2CC[C@H](O)C2)C=CC=CC1. The van der Waals surface area contributed by atoms with E-state index in [9.17, 15) is 13.5 Å². The lowest BCUT2D eigenvalue weighted by atomic mass is 10.0. The minimum atomic E-state index is -3.36. The van der Waals surface area contributed by atoms with Crippen LogP contribution < -0.4 is 0 Å². The molecule has 0 saturated carbocycles. The molecule has 0 bridgehead atoms. The molecule has 1 unspecified atom stereocenters. The molecule has 0 aromatic heterocycles. The Morgan fingerprint density at radius 1 is 1.44 bits per heavy atom. The fraction of sp³-hybridized carbons (Fsp3) is 0.636. The van der Waals surface area contributed by atoms with Gasteiger partial charge >= 0.3 is 0 Å². The summed E-state index contributed by atoms with van der Waals surface area (Å²) in [7, 11) is -3.36. The molecule has 5 heteroatoms. The van der Waals surface area contributed by atoms with Crippen LogP contribution in [0.1, 0.15) is 19.8 Å². The second-order valence-electron chi connectivity index (χ2n) is 4.61. The van der Waals surface area contributed by atoms with Crippen molar-refractivity contribution in [2.45, 2.75) is 30.6 Å². The van der Waals surface area contributed by atoms with E-state index in [1.165, 1.54) is 4.31 Å². The smallest absolute Gasteiger partial charge is 0.223 e. The zero-order valence-electron chi connectivity index (χ0n) is 9.33. The van der Waals surface area contributed by atoms with E-state index in [0.717, 1.165) is 0 Å². The number of hydrogen-bond donors (Lipinski definition) is 1. The largest absolute Gasteiger partial charge is 0.392 e. The van der Waals surface area contributed by atoms with Crippen LogP contribution in [0.5, 0.6) is 0 Å². The highest BCUT2D eigenvalue weighted by Gasteiger charge is 2.43. The summed E-state index contributed by atoms with van der Waals surface area (Å²) in [5.74, 6) is 0. The van der Waals surface area contributed by atoms with Gasteiger partial charge in [0.15, 0.2) is 0 Å². The van der Waals surface area contributed by atoms with Crippen molar-refractivity contribution in [3.63, 3.8) is 0 Å². The first kappa shape index (κ1) is 11.8. The minimum absolute atomic E-state index is 0.232. The Hall–Kier alpha value is -0.650. The molecule has 1 saturated heterocycles. The van der Waals surface area contributed by atoms with Gasteiger partial charge in [-0.05, 0) is 19.8 Å². The third-order valence-corrected chi connectivity index (χ3v) is 5.77. The Morgan fingerprint density at radius 3 is 2.69 bits per heavy atom. The summed E-state index contributed by atoms with van der Waals surface area (Å²) in [6.07, 6.45) is 7.75. The number of hydrogen-bond acceptors (Lipinski definition) is 3. The summed E-state index contributed by atoms with van der Waals surface area (Å²) in [5.41, 5.74) is 0. The summed E-state index contributed by atoms with van der Waals surface area (Å²) in [6, 6.07) is 0. The Morgan fingerprint density at radius 2 is 2.19 bits per heavy atom. The van der Waals surface area contributed by atoms with Gasteiger partial charge in [0.25, 0.3) is 0 Å². The molecule has 1 N–H and O–H groups in total. The van der Waals surface area contributed by atoms with Crippen molar-refractivity contribution in [3.05, 3.63) is 24.3 Å². The number of aliphatic hydroxyl groups excluding tert-OH is 1. The quantitative estimate of drug-likeness (QED) is 0.775. The molecule has 2 aliphatic rings. The Bertz CT molecular complexity index is 427. The molecule has 0 aromatic carbocycles. The van der Waals surface area contributed by atoms with Crippen LogP contribution in [-0.2, 0) is 10.0 Å². The van der Waals surface area contributed by atoms with Crippen LogP contribution in [0.4, 0.5) is 0 Å². The van der Waals surface area contributed by atoms with Gasteiger partial charge in [0.2, 0.25) is 10.0 Å². The average molecular weight is 243 g/mol. The second-order valence-corrected chi connectivity index (χ2v) is 7.01. The van der Waals surface area contributed by atoms with Crippen LogP contribution in [0.15, 0.2) is 24.3 Å². The number of aliphatic hydroxyl groups is 1. The normalized spacial score (nSPS) is 35.8. The van der Waals surface area contributed by atoms with Gasteiger partial charge in [-0.3, -0.25) is 0 Å².